The summed E-state index contributed by atoms with van der Waals surface area (Å²) in [6.07, 6.45) is 1.03. The average molecular weight is 335 g/mol. The van der Waals surface area contributed by atoms with Gasteiger partial charge >= 0.3 is 5.69 Å². The number of aromatic amines is 1. The second-order valence-corrected chi connectivity index (χ2v) is 6.00. The number of rotatable bonds is 3. The largest absolute Gasteiger partial charge is 0.349 e. The van der Waals surface area contributed by atoms with Crippen LogP contribution in [0.2, 0.25) is 0 Å². The van der Waals surface area contributed by atoms with Crippen molar-refractivity contribution in [1.29, 1.82) is 0 Å². The topological polar surface area (TPSA) is 84.8 Å². The van der Waals surface area contributed by atoms with Crippen LogP contribution in [0.25, 0.3) is 5.69 Å². The van der Waals surface area contributed by atoms with Gasteiger partial charge < -0.3 is 0 Å². The maximum atomic E-state index is 12.8. The van der Waals surface area contributed by atoms with Crippen molar-refractivity contribution in [2.45, 2.75) is 20.8 Å². The Bertz CT molecular complexity index is 1050. The molecular formula is C19H17N3O3. The van der Waals surface area contributed by atoms with E-state index < -0.39 is 11.2 Å². The fourth-order valence-corrected chi connectivity index (χ4v) is 2.97. The molecule has 0 radical (unpaired) electrons. The number of nitrogens with zero attached hydrogens (tertiary/aromatic N) is 2. The Morgan fingerprint density at radius 1 is 1.00 bits per heavy atom. The van der Waals surface area contributed by atoms with Crippen LogP contribution in [0.4, 0.5) is 0 Å². The van der Waals surface area contributed by atoms with Gasteiger partial charge in [0.05, 0.1) is 5.69 Å². The molecule has 0 spiro atoms. The van der Waals surface area contributed by atoms with E-state index in [0.29, 0.717) is 16.8 Å². The zero-order valence-corrected chi connectivity index (χ0v) is 14.2. The summed E-state index contributed by atoms with van der Waals surface area (Å²) in [5.41, 5.74) is 3.49. The Morgan fingerprint density at radius 3 is 2.16 bits per heavy atom. The third kappa shape index (κ3) is 3.19. The number of carbonyl (C=O) groups is 1. The third-order valence-corrected chi connectivity index (χ3v) is 3.99. The number of hydrogen-bond donors (Lipinski definition) is 1. The van der Waals surface area contributed by atoms with Crippen LogP contribution in [0.5, 0.6) is 0 Å². The van der Waals surface area contributed by atoms with Gasteiger partial charge in [-0.15, -0.1) is 0 Å². The van der Waals surface area contributed by atoms with Gasteiger partial charge in [-0.3, -0.25) is 14.6 Å². The van der Waals surface area contributed by atoms with Gasteiger partial charge in [0.25, 0.3) is 5.56 Å². The third-order valence-electron chi connectivity index (χ3n) is 3.99. The molecule has 0 saturated heterocycles. The lowest BCUT2D eigenvalue weighted by atomic mass is 9.93. The highest BCUT2D eigenvalue weighted by Crippen LogP contribution is 2.20. The molecule has 0 saturated carbocycles. The van der Waals surface area contributed by atoms with E-state index in [1.54, 1.807) is 24.3 Å². The first-order chi connectivity index (χ1) is 11.9. The maximum absolute atomic E-state index is 12.8. The molecule has 0 aliphatic heterocycles. The van der Waals surface area contributed by atoms with Crippen LogP contribution < -0.4 is 11.2 Å². The van der Waals surface area contributed by atoms with Gasteiger partial charge in [0, 0.05) is 11.1 Å². The minimum atomic E-state index is -0.628. The van der Waals surface area contributed by atoms with Crippen LogP contribution in [0.3, 0.4) is 0 Å². The first-order valence-corrected chi connectivity index (χ1v) is 7.78. The summed E-state index contributed by atoms with van der Waals surface area (Å²) in [7, 11) is 0. The van der Waals surface area contributed by atoms with Crippen LogP contribution in [-0.2, 0) is 0 Å². The van der Waals surface area contributed by atoms with Gasteiger partial charge in [-0.1, -0.05) is 17.7 Å². The van der Waals surface area contributed by atoms with Gasteiger partial charge in [-0.05, 0) is 56.2 Å². The lowest BCUT2D eigenvalue weighted by Gasteiger charge is -2.11. The number of aryl methyl sites for hydroxylation is 3. The second kappa shape index (κ2) is 6.32. The van der Waals surface area contributed by atoms with E-state index in [1.807, 2.05) is 32.9 Å². The number of nitrogens with one attached hydrogen (secondary N) is 1. The molecule has 126 valence electrons. The summed E-state index contributed by atoms with van der Waals surface area (Å²) in [6, 6.07) is 10.5. The van der Waals surface area contributed by atoms with Crippen molar-refractivity contribution in [3.63, 3.8) is 0 Å². The van der Waals surface area contributed by atoms with E-state index >= 15 is 0 Å². The van der Waals surface area contributed by atoms with E-state index in [-0.39, 0.29) is 5.78 Å². The monoisotopic (exact) mass is 335 g/mol. The Labute approximate surface area is 143 Å². The highest BCUT2D eigenvalue weighted by molar-refractivity contribution is 6.10. The van der Waals surface area contributed by atoms with Gasteiger partial charge in [0.1, 0.15) is 6.20 Å². The van der Waals surface area contributed by atoms with E-state index in [2.05, 4.69) is 10.1 Å². The van der Waals surface area contributed by atoms with Crippen LogP contribution in [0.15, 0.2) is 52.2 Å². The highest BCUT2D eigenvalue weighted by atomic mass is 16.2. The van der Waals surface area contributed by atoms with Crippen molar-refractivity contribution in [2.75, 3.05) is 0 Å². The second-order valence-electron chi connectivity index (χ2n) is 6.00. The molecule has 0 atom stereocenters. The minimum Gasteiger partial charge on any atom is -0.289 e. The van der Waals surface area contributed by atoms with Crippen LogP contribution in [-0.4, -0.2) is 20.5 Å². The van der Waals surface area contributed by atoms with Crippen molar-refractivity contribution in [1.82, 2.24) is 14.8 Å². The molecule has 0 bridgehead atoms. The molecule has 1 aromatic heterocycles. The van der Waals surface area contributed by atoms with Crippen molar-refractivity contribution in [2.24, 2.45) is 0 Å². The summed E-state index contributed by atoms with van der Waals surface area (Å²) < 4.78 is 1.07. The molecule has 6 nitrogen and oxygen atoms in total. The smallest absolute Gasteiger partial charge is 0.289 e. The number of ketones is 1. The summed E-state index contributed by atoms with van der Waals surface area (Å²) in [5, 5.41) is 3.79. The minimum absolute atomic E-state index is 0.0664. The molecule has 3 aromatic rings. The Morgan fingerprint density at radius 2 is 1.60 bits per heavy atom. The molecule has 0 unspecified atom stereocenters. The Hall–Kier alpha value is -3.28. The van der Waals surface area contributed by atoms with Crippen LogP contribution >= 0.6 is 0 Å². The fraction of sp³-hybridized carbons (Fsp3) is 0.158. The maximum Gasteiger partial charge on any atom is 0.349 e. The normalized spacial score (nSPS) is 10.7. The van der Waals surface area contributed by atoms with E-state index in [4.69, 9.17) is 0 Å². The molecule has 6 heteroatoms. The van der Waals surface area contributed by atoms with E-state index in [1.165, 1.54) is 0 Å². The number of aromatic nitrogens is 3. The van der Waals surface area contributed by atoms with Gasteiger partial charge in [0.15, 0.2) is 5.78 Å². The van der Waals surface area contributed by atoms with Crippen molar-refractivity contribution >= 4 is 5.78 Å². The molecule has 25 heavy (non-hydrogen) atoms. The Kier molecular flexibility index (Phi) is 4.19. The summed E-state index contributed by atoms with van der Waals surface area (Å²) in [6.45, 7) is 5.84. The lowest BCUT2D eigenvalue weighted by Crippen LogP contribution is -2.30. The number of H-pyrrole nitrogens is 1. The lowest BCUT2D eigenvalue weighted by molar-refractivity contribution is 0.103. The van der Waals surface area contributed by atoms with Gasteiger partial charge in [0.2, 0.25) is 0 Å². The first-order valence-electron chi connectivity index (χ1n) is 7.78. The summed E-state index contributed by atoms with van der Waals surface area (Å²) in [5.74, 6) is -0.0664. The molecule has 0 aliphatic carbocycles. The number of hydrogen-bond acceptors (Lipinski definition) is 4. The summed E-state index contributed by atoms with van der Waals surface area (Å²) >= 11 is 0. The zero-order chi connectivity index (χ0) is 18.1. The number of benzene rings is 2. The van der Waals surface area contributed by atoms with Crippen LogP contribution in [0, 0.1) is 20.8 Å². The average Bonchev–Trinajstić information content (AvgIpc) is 2.54. The van der Waals surface area contributed by atoms with Crippen LogP contribution in [0.1, 0.15) is 32.6 Å². The Balaban J connectivity index is 1.99. The highest BCUT2D eigenvalue weighted by Gasteiger charge is 2.15. The molecule has 1 N–H and O–H groups in total. The number of carbonyl (C=O) groups excluding carboxylic acids is 1. The molecule has 1 heterocycles. The molecule has 0 fully saturated rings. The van der Waals surface area contributed by atoms with Crippen molar-refractivity contribution < 1.29 is 4.79 Å². The first kappa shape index (κ1) is 16.6. The van der Waals surface area contributed by atoms with Crippen molar-refractivity contribution in [3.05, 3.63) is 91.3 Å². The zero-order valence-electron chi connectivity index (χ0n) is 14.2. The fourth-order valence-electron chi connectivity index (χ4n) is 2.97. The van der Waals surface area contributed by atoms with E-state index in [9.17, 15) is 14.4 Å². The molecule has 2 aromatic carbocycles. The predicted molar refractivity (Wildman–Crippen MR) is 94.5 cm³/mol. The standard InChI is InChI=1S/C19H17N3O3/c1-11-8-12(2)17(13(3)9-11)18(24)14-4-6-15(7-5-14)22-19(25)21-16(23)10-20-22/h4-10H,1-3H3,(H,21,23,25). The van der Waals surface area contributed by atoms with Crippen molar-refractivity contribution in [3.8, 4) is 5.69 Å². The predicted octanol–water partition coefficient (Wildman–Crippen LogP) is 2.08. The molecule has 3 rings (SSSR count). The quantitative estimate of drug-likeness (QED) is 0.743. The van der Waals surface area contributed by atoms with E-state index in [0.717, 1.165) is 27.6 Å². The SMILES string of the molecule is Cc1cc(C)c(C(=O)c2ccc(-n3ncc(=O)[nH]c3=O)cc2)c(C)c1. The van der Waals surface area contributed by atoms with Gasteiger partial charge in [-0.25, -0.2) is 4.79 Å². The van der Waals surface area contributed by atoms with Gasteiger partial charge in [-0.2, -0.15) is 9.78 Å². The molecule has 0 aliphatic rings. The molecule has 0 amide bonds. The summed E-state index contributed by atoms with van der Waals surface area (Å²) in [4.78, 5) is 37.8. The molecular weight excluding hydrogens is 318 g/mol.